The second kappa shape index (κ2) is 10.0. The predicted octanol–water partition coefficient (Wildman–Crippen LogP) is 5.30. The standard InChI is InChI=1S/C28H24N2O4/c1-19(26(31)29-25-18-10-12-20-11-6-7-15-22(20)25)34-28(33)24-17-9-8-16-23(24)27(32)30(2)21-13-4-3-5-14-21/h3-19H,1-2H3,(H,29,31). The van der Waals surface area contributed by atoms with E-state index in [2.05, 4.69) is 5.32 Å². The van der Waals surface area contributed by atoms with Crippen LogP contribution in [0.25, 0.3) is 10.8 Å². The SMILES string of the molecule is CC(OC(=O)c1ccccc1C(=O)N(C)c1ccccc1)C(=O)Nc1cccc2ccccc12. The van der Waals surface area contributed by atoms with E-state index in [1.54, 1.807) is 43.4 Å². The fourth-order valence-corrected chi connectivity index (χ4v) is 3.64. The minimum Gasteiger partial charge on any atom is -0.449 e. The van der Waals surface area contributed by atoms with Crippen molar-refractivity contribution >= 4 is 39.9 Å². The van der Waals surface area contributed by atoms with Crippen molar-refractivity contribution < 1.29 is 19.1 Å². The van der Waals surface area contributed by atoms with Crippen LogP contribution >= 0.6 is 0 Å². The number of para-hydroxylation sites is 1. The van der Waals surface area contributed by atoms with Crippen LogP contribution in [0.3, 0.4) is 0 Å². The lowest BCUT2D eigenvalue weighted by atomic mass is 10.1. The Kier molecular flexibility index (Phi) is 6.69. The van der Waals surface area contributed by atoms with Crippen LogP contribution in [0.1, 0.15) is 27.6 Å². The van der Waals surface area contributed by atoms with Crippen LogP contribution in [0.2, 0.25) is 0 Å². The first kappa shape index (κ1) is 22.7. The first-order valence-corrected chi connectivity index (χ1v) is 10.9. The maximum atomic E-state index is 13.1. The molecule has 1 unspecified atom stereocenters. The van der Waals surface area contributed by atoms with Gasteiger partial charge in [0.15, 0.2) is 6.10 Å². The van der Waals surface area contributed by atoms with Gasteiger partial charge < -0.3 is 15.0 Å². The number of benzene rings is 4. The maximum absolute atomic E-state index is 13.1. The molecule has 6 nitrogen and oxygen atoms in total. The number of esters is 1. The van der Waals surface area contributed by atoms with Crippen LogP contribution in [0, 0.1) is 0 Å². The van der Waals surface area contributed by atoms with Crippen molar-refractivity contribution in [1.29, 1.82) is 0 Å². The third kappa shape index (κ3) is 4.81. The zero-order valence-electron chi connectivity index (χ0n) is 18.9. The van der Waals surface area contributed by atoms with E-state index in [1.165, 1.54) is 17.9 Å². The molecule has 4 aromatic carbocycles. The van der Waals surface area contributed by atoms with Gasteiger partial charge in [-0.25, -0.2) is 4.79 Å². The van der Waals surface area contributed by atoms with E-state index in [9.17, 15) is 14.4 Å². The summed E-state index contributed by atoms with van der Waals surface area (Å²) >= 11 is 0. The van der Waals surface area contributed by atoms with Crippen molar-refractivity contribution in [3.63, 3.8) is 0 Å². The Hall–Kier alpha value is -4.45. The highest BCUT2D eigenvalue weighted by molar-refractivity contribution is 6.12. The highest BCUT2D eigenvalue weighted by atomic mass is 16.5. The Labute approximate surface area is 197 Å². The van der Waals surface area contributed by atoms with Gasteiger partial charge >= 0.3 is 5.97 Å². The minimum absolute atomic E-state index is 0.0973. The fourth-order valence-electron chi connectivity index (χ4n) is 3.64. The summed E-state index contributed by atoms with van der Waals surface area (Å²) in [5.41, 5.74) is 1.62. The molecule has 0 fully saturated rings. The molecule has 0 heterocycles. The largest absolute Gasteiger partial charge is 0.449 e. The zero-order chi connectivity index (χ0) is 24.1. The molecule has 2 amide bonds. The normalized spacial score (nSPS) is 11.5. The van der Waals surface area contributed by atoms with Gasteiger partial charge in [-0.3, -0.25) is 9.59 Å². The van der Waals surface area contributed by atoms with Crippen molar-refractivity contribution in [3.8, 4) is 0 Å². The number of rotatable bonds is 6. The van der Waals surface area contributed by atoms with Gasteiger partial charge in [0.2, 0.25) is 0 Å². The predicted molar refractivity (Wildman–Crippen MR) is 133 cm³/mol. The summed E-state index contributed by atoms with van der Waals surface area (Å²) in [4.78, 5) is 40.3. The number of hydrogen-bond donors (Lipinski definition) is 1. The number of nitrogens with zero attached hydrogens (tertiary/aromatic N) is 1. The van der Waals surface area contributed by atoms with Crippen molar-refractivity contribution in [2.24, 2.45) is 0 Å². The van der Waals surface area contributed by atoms with Gasteiger partial charge in [0.25, 0.3) is 11.8 Å². The van der Waals surface area contributed by atoms with Gasteiger partial charge in [0.1, 0.15) is 0 Å². The molecule has 0 aromatic heterocycles. The van der Waals surface area contributed by atoms with Crippen molar-refractivity contribution in [2.45, 2.75) is 13.0 Å². The molecular formula is C28H24N2O4. The van der Waals surface area contributed by atoms with E-state index in [4.69, 9.17) is 4.74 Å². The molecular weight excluding hydrogens is 428 g/mol. The second-order valence-electron chi connectivity index (χ2n) is 7.81. The molecule has 0 saturated carbocycles. The Bertz CT molecular complexity index is 1350. The van der Waals surface area contributed by atoms with Crippen LogP contribution in [0.4, 0.5) is 11.4 Å². The average Bonchev–Trinajstić information content (AvgIpc) is 2.88. The quantitative estimate of drug-likeness (QED) is 0.403. The van der Waals surface area contributed by atoms with E-state index in [0.29, 0.717) is 11.4 Å². The van der Waals surface area contributed by atoms with Gasteiger partial charge in [-0.05, 0) is 42.6 Å². The van der Waals surface area contributed by atoms with Crippen molar-refractivity contribution in [2.75, 3.05) is 17.3 Å². The van der Waals surface area contributed by atoms with Crippen molar-refractivity contribution in [1.82, 2.24) is 0 Å². The van der Waals surface area contributed by atoms with Gasteiger partial charge in [0.05, 0.1) is 11.1 Å². The van der Waals surface area contributed by atoms with Crippen LogP contribution in [-0.2, 0) is 9.53 Å². The lowest BCUT2D eigenvalue weighted by Crippen LogP contribution is -2.32. The van der Waals surface area contributed by atoms with Crippen molar-refractivity contribution in [3.05, 3.63) is 108 Å². The lowest BCUT2D eigenvalue weighted by Gasteiger charge is -2.19. The molecule has 0 bridgehead atoms. The molecule has 34 heavy (non-hydrogen) atoms. The third-order valence-corrected chi connectivity index (χ3v) is 5.53. The Morgan fingerprint density at radius 1 is 0.765 bits per heavy atom. The molecule has 4 rings (SSSR count). The molecule has 0 radical (unpaired) electrons. The fraction of sp³-hybridized carbons (Fsp3) is 0.107. The summed E-state index contributed by atoms with van der Waals surface area (Å²) in [5, 5.41) is 4.70. The monoisotopic (exact) mass is 452 g/mol. The number of amides is 2. The summed E-state index contributed by atoms with van der Waals surface area (Å²) in [7, 11) is 1.64. The molecule has 0 spiro atoms. The molecule has 6 heteroatoms. The van der Waals surface area contributed by atoms with Gasteiger partial charge in [0, 0.05) is 23.8 Å². The molecule has 1 N–H and O–H groups in total. The molecule has 4 aromatic rings. The Balaban J connectivity index is 1.49. The smallest absolute Gasteiger partial charge is 0.339 e. The van der Waals surface area contributed by atoms with Crippen LogP contribution in [-0.4, -0.2) is 30.9 Å². The summed E-state index contributed by atoms with van der Waals surface area (Å²) in [6, 6.07) is 28.8. The minimum atomic E-state index is -1.07. The molecule has 1 atom stereocenters. The number of carbonyl (C=O) groups is 3. The summed E-state index contributed by atoms with van der Waals surface area (Å²) in [6.07, 6.45) is -1.07. The van der Waals surface area contributed by atoms with Crippen LogP contribution in [0.5, 0.6) is 0 Å². The summed E-state index contributed by atoms with van der Waals surface area (Å²) < 4.78 is 5.44. The maximum Gasteiger partial charge on any atom is 0.339 e. The van der Waals surface area contributed by atoms with E-state index in [-0.39, 0.29) is 17.0 Å². The highest BCUT2D eigenvalue weighted by Crippen LogP contribution is 2.23. The molecule has 170 valence electrons. The van der Waals surface area contributed by atoms with Gasteiger partial charge in [-0.1, -0.05) is 66.7 Å². The number of carbonyl (C=O) groups excluding carboxylic acids is 3. The topological polar surface area (TPSA) is 75.7 Å². The van der Waals surface area contributed by atoms with E-state index < -0.39 is 18.0 Å². The first-order chi connectivity index (χ1) is 16.5. The first-order valence-electron chi connectivity index (χ1n) is 10.9. The zero-order valence-corrected chi connectivity index (χ0v) is 18.9. The van der Waals surface area contributed by atoms with Gasteiger partial charge in [-0.2, -0.15) is 0 Å². The van der Waals surface area contributed by atoms with Crippen LogP contribution in [0.15, 0.2) is 97.1 Å². The van der Waals surface area contributed by atoms with Crippen LogP contribution < -0.4 is 10.2 Å². The number of ether oxygens (including phenoxy) is 1. The summed E-state index contributed by atoms with van der Waals surface area (Å²) in [6.45, 7) is 1.50. The molecule has 0 saturated heterocycles. The number of hydrogen-bond acceptors (Lipinski definition) is 4. The average molecular weight is 453 g/mol. The molecule has 0 aliphatic heterocycles. The molecule has 0 aliphatic rings. The number of anilines is 2. The Morgan fingerprint density at radius 2 is 1.38 bits per heavy atom. The number of fused-ring (bicyclic) bond motifs is 1. The molecule has 0 aliphatic carbocycles. The van der Waals surface area contributed by atoms with E-state index >= 15 is 0 Å². The number of nitrogens with one attached hydrogen (secondary N) is 1. The van der Waals surface area contributed by atoms with E-state index in [0.717, 1.165) is 10.8 Å². The Morgan fingerprint density at radius 3 is 2.15 bits per heavy atom. The van der Waals surface area contributed by atoms with E-state index in [1.807, 2.05) is 54.6 Å². The third-order valence-electron chi connectivity index (χ3n) is 5.53. The summed E-state index contributed by atoms with van der Waals surface area (Å²) in [5.74, 6) is -1.56. The highest BCUT2D eigenvalue weighted by Gasteiger charge is 2.25. The lowest BCUT2D eigenvalue weighted by molar-refractivity contribution is -0.123. The van der Waals surface area contributed by atoms with Gasteiger partial charge in [-0.15, -0.1) is 0 Å². The second-order valence-corrected chi connectivity index (χ2v) is 7.81.